The van der Waals surface area contributed by atoms with Gasteiger partial charge in [0.2, 0.25) is 0 Å². The van der Waals surface area contributed by atoms with Gasteiger partial charge in [-0.1, -0.05) is 0 Å². The first-order valence-electron chi connectivity index (χ1n) is 7.84. The number of nitrogens with one attached hydrogen (secondary N) is 2. The highest BCUT2D eigenvalue weighted by Crippen LogP contribution is 2.42. The van der Waals surface area contributed by atoms with Gasteiger partial charge in [0, 0.05) is 11.1 Å². The summed E-state index contributed by atoms with van der Waals surface area (Å²) in [6.45, 7) is 2.05. The smallest absolute Gasteiger partial charge is 0.315 e. The number of aromatic nitrogens is 1. The number of hydrogen-bond donors (Lipinski definition) is 2. The fourth-order valence-corrected chi connectivity index (χ4v) is 4.39. The van der Waals surface area contributed by atoms with E-state index in [1.165, 1.54) is 17.7 Å². The number of urea groups is 1. The minimum Gasteiger partial charge on any atom is -0.373 e. The van der Waals surface area contributed by atoms with E-state index in [1.807, 2.05) is 6.20 Å². The molecule has 1 saturated carbocycles. The number of aryl methyl sites for hydroxylation is 1. The van der Waals surface area contributed by atoms with Crippen LogP contribution in [-0.4, -0.2) is 29.3 Å². The average molecular weight is 307 g/mol. The summed E-state index contributed by atoms with van der Waals surface area (Å²) in [5.74, 6) is 0.553. The number of amides is 2. The van der Waals surface area contributed by atoms with Crippen LogP contribution in [-0.2, 0) is 4.74 Å². The second-order valence-electron chi connectivity index (χ2n) is 6.46. The van der Waals surface area contributed by atoms with Crippen molar-refractivity contribution < 1.29 is 9.53 Å². The Morgan fingerprint density at radius 1 is 1.43 bits per heavy atom. The average Bonchev–Trinajstić information content (AvgIpc) is 2.87. The summed E-state index contributed by atoms with van der Waals surface area (Å²) < 4.78 is 5.79. The Morgan fingerprint density at radius 3 is 2.86 bits per heavy atom. The van der Waals surface area contributed by atoms with Gasteiger partial charge in [-0.2, -0.15) is 0 Å². The normalized spacial score (nSPS) is 32.1. The highest BCUT2D eigenvalue weighted by atomic mass is 32.1. The van der Waals surface area contributed by atoms with Crippen molar-refractivity contribution in [2.45, 2.75) is 63.3 Å². The molecule has 2 aliphatic heterocycles. The van der Waals surface area contributed by atoms with Crippen LogP contribution < -0.4 is 10.6 Å². The molecule has 6 heteroatoms. The van der Waals surface area contributed by atoms with Gasteiger partial charge in [0.15, 0.2) is 0 Å². The maximum absolute atomic E-state index is 12.3. The van der Waals surface area contributed by atoms with Crippen LogP contribution in [0.5, 0.6) is 0 Å². The zero-order valence-electron chi connectivity index (χ0n) is 12.2. The zero-order chi connectivity index (χ0) is 14.4. The van der Waals surface area contributed by atoms with E-state index in [0.29, 0.717) is 12.0 Å². The maximum Gasteiger partial charge on any atom is 0.315 e. The van der Waals surface area contributed by atoms with Crippen molar-refractivity contribution in [3.05, 3.63) is 16.1 Å². The second kappa shape index (κ2) is 5.25. The summed E-state index contributed by atoms with van der Waals surface area (Å²) in [6, 6.07) is 0.186. The summed E-state index contributed by atoms with van der Waals surface area (Å²) in [4.78, 5) is 17.9. The Bertz CT molecular complexity index is 543. The largest absolute Gasteiger partial charge is 0.373 e. The van der Waals surface area contributed by atoms with E-state index in [9.17, 15) is 4.79 Å². The topological polar surface area (TPSA) is 63.2 Å². The van der Waals surface area contributed by atoms with Crippen molar-refractivity contribution in [2.75, 3.05) is 0 Å². The van der Waals surface area contributed by atoms with Crippen molar-refractivity contribution in [1.29, 1.82) is 0 Å². The minimum absolute atomic E-state index is 0.0686. The molecule has 2 bridgehead atoms. The Hall–Kier alpha value is -1.14. The van der Waals surface area contributed by atoms with Gasteiger partial charge >= 0.3 is 6.03 Å². The van der Waals surface area contributed by atoms with Crippen molar-refractivity contribution in [1.82, 2.24) is 15.6 Å². The second-order valence-corrected chi connectivity index (χ2v) is 7.72. The fourth-order valence-electron chi connectivity index (χ4n) is 3.47. The summed E-state index contributed by atoms with van der Waals surface area (Å²) >= 11 is 1.68. The van der Waals surface area contributed by atoms with Gasteiger partial charge in [-0.05, 0) is 44.9 Å². The lowest BCUT2D eigenvalue weighted by Crippen LogP contribution is -2.47. The zero-order valence-corrected chi connectivity index (χ0v) is 13.0. The van der Waals surface area contributed by atoms with Gasteiger partial charge in [-0.3, -0.25) is 0 Å². The van der Waals surface area contributed by atoms with E-state index in [1.54, 1.807) is 11.3 Å². The van der Waals surface area contributed by atoms with E-state index in [-0.39, 0.29) is 24.2 Å². The van der Waals surface area contributed by atoms with Crippen LogP contribution in [0.3, 0.4) is 0 Å². The summed E-state index contributed by atoms with van der Waals surface area (Å²) in [5.41, 5.74) is 0. The van der Waals surface area contributed by atoms with Gasteiger partial charge in [0.05, 0.1) is 24.3 Å². The third-order valence-corrected chi connectivity index (χ3v) is 5.70. The molecule has 4 atom stereocenters. The SMILES string of the molecule is Cc1cnc(C(NC(=O)NC2CC3CCC2O3)C2CC2)s1. The van der Waals surface area contributed by atoms with Crippen molar-refractivity contribution in [3.8, 4) is 0 Å². The lowest BCUT2D eigenvalue weighted by Gasteiger charge is -2.22. The van der Waals surface area contributed by atoms with Crippen molar-refractivity contribution in [3.63, 3.8) is 0 Å². The molecule has 0 aromatic carbocycles. The van der Waals surface area contributed by atoms with Crippen LogP contribution in [0.1, 0.15) is 48.0 Å². The number of thiazole rings is 1. The molecular formula is C15H21N3O2S. The van der Waals surface area contributed by atoms with Crippen molar-refractivity contribution in [2.24, 2.45) is 5.92 Å². The van der Waals surface area contributed by atoms with Crippen LogP contribution in [0.4, 0.5) is 4.79 Å². The molecule has 0 spiro atoms. The van der Waals surface area contributed by atoms with Gasteiger partial charge in [-0.25, -0.2) is 9.78 Å². The minimum atomic E-state index is -0.0686. The predicted molar refractivity (Wildman–Crippen MR) is 80.3 cm³/mol. The molecule has 5 nitrogen and oxygen atoms in total. The van der Waals surface area contributed by atoms with Crippen molar-refractivity contribution >= 4 is 17.4 Å². The molecule has 3 fully saturated rings. The molecule has 3 aliphatic rings. The van der Waals surface area contributed by atoms with Gasteiger partial charge in [0.1, 0.15) is 5.01 Å². The third kappa shape index (κ3) is 2.79. The molecule has 1 aliphatic carbocycles. The lowest BCUT2D eigenvalue weighted by molar-refractivity contribution is 0.0980. The third-order valence-electron chi connectivity index (χ3n) is 4.71. The number of nitrogens with zero attached hydrogens (tertiary/aromatic N) is 1. The summed E-state index contributed by atoms with van der Waals surface area (Å²) in [5, 5.41) is 7.28. The number of rotatable bonds is 4. The van der Waals surface area contributed by atoms with Gasteiger partial charge in [-0.15, -0.1) is 11.3 Å². The van der Waals surface area contributed by atoms with E-state index in [4.69, 9.17) is 4.74 Å². The van der Waals surface area contributed by atoms with Crippen LogP contribution in [0.25, 0.3) is 0 Å². The highest BCUT2D eigenvalue weighted by molar-refractivity contribution is 7.11. The van der Waals surface area contributed by atoms with Crippen LogP contribution in [0.2, 0.25) is 0 Å². The number of fused-ring (bicyclic) bond motifs is 2. The Balaban J connectivity index is 1.38. The fraction of sp³-hybridized carbons (Fsp3) is 0.733. The van der Waals surface area contributed by atoms with Crippen LogP contribution in [0.15, 0.2) is 6.20 Å². The monoisotopic (exact) mass is 307 g/mol. The summed E-state index contributed by atoms with van der Waals surface area (Å²) in [7, 11) is 0. The highest BCUT2D eigenvalue weighted by Gasteiger charge is 2.42. The summed E-state index contributed by atoms with van der Waals surface area (Å²) in [6.07, 6.45) is 8.02. The first-order valence-corrected chi connectivity index (χ1v) is 8.65. The first-order chi connectivity index (χ1) is 10.2. The Labute approximate surface area is 128 Å². The van der Waals surface area contributed by atoms with E-state index >= 15 is 0 Å². The maximum atomic E-state index is 12.3. The quantitative estimate of drug-likeness (QED) is 0.898. The predicted octanol–water partition coefficient (Wildman–Crippen LogP) is 2.52. The first kappa shape index (κ1) is 13.5. The molecule has 0 radical (unpaired) electrons. The molecule has 1 aromatic heterocycles. The molecule has 2 amide bonds. The standard InChI is InChI=1S/C15H21N3O2S/c1-8-7-16-14(21-8)13(9-2-3-9)18-15(19)17-11-6-10-4-5-12(11)20-10/h7,9-13H,2-6H2,1H3,(H2,17,18,19). The number of ether oxygens (including phenoxy) is 1. The molecule has 1 aromatic rings. The van der Waals surface area contributed by atoms with Gasteiger partial charge < -0.3 is 15.4 Å². The van der Waals surface area contributed by atoms with E-state index in [0.717, 1.165) is 24.3 Å². The van der Waals surface area contributed by atoms with Gasteiger partial charge in [0.25, 0.3) is 0 Å². The van der Waals surface area contributed by atoms with E-state index in [2.05, 4.69) is 22.5 Å². The Kier molecular flexibility index (Phi) is 3.38. The van der Waals surface area contributed by atoms with E-state index < -0.39 is 0 Å². The Morgan fingerprint density at radius 2 is 2.29 bits per heavy atom. The molecule has 4 unspecified atom stereocenters. The van der Waals surface area contributed by atoms with Crippen LogP contribution in [0, 0.1) is 12.8 Å². The lowest BCUT2D eigenvalue weighted by atomic mass is 9.96. The molecule has 21 heavy (non-hydrogen) atoms. The molecular weight excluding hydrogens is 286 g/mol. The molecule has 2 saturated heterocycles. The number of carbonyl (C=O) groups excluding carboxylic acids is 1. The molecule has 2 N–H and O–H groups in total. The molecule has 4 rings (SSSR count). The molecule has 114 valence electrons. The number of hydrogen-bond acceptors (Lipinski definition) is 4. The molecule has 3 heterocycles. The number of carbonyl (C=O) groups is 1. The van der Waals surface area contributed by atoms with Crippen LogP contribution >= 0.6 is 11.3 Å².